The predicted octanol–water partition coefficient (Wildman–Crippen LogP) is 11.5. The first-order valence-corrected chi connectivity index (χ1v) is 20.0. The SMILES string of the molecule is CCCCCCC(O)C/C=C/CCCCCCCC(CCCCCCC/C=C/CC(O)CCCCCC)OC(=O)OCCCN(C)C. The first-order valence-electron chi connectivity index (χ1n) is 20.0. The standard InChI is InChI=1S/C41H79NO5/c1-5-7-9-23-30-38(43)32-25-19-15-11-13-17-21-27-34-40(47-41(45)46-37-29-36-42(3)4)35-28-22-18-14-12-16-20-26-33-39(44)31-24-10-8-6-2/h19-20,25-26,38-40,43-44H,5-18,21-24,27-37H2,1-4H3/b25-19+,26-20+. The molecule has 0 aromatic heterocycles. The van der Waals surface area contributed by atoms with E-state index in [1.807, 2.05) is 14.1 Å². The summed E-state index contributed by atoms with van der Waals surface area (Å²) in [5, 5.41) is 20.2. The summed E-state index contributed by atoms with van der Waals surface area (Å²) in [6.45, 7) is 5.73. The fourth-order valence-corrected chi connectivity index (χ4v) is 5.89. The minimum atomic E-state index is -0.510. The second kappa shape index (κ2) is 35.9. The minimum Gasteiger partial charge on any atom is -0.434 e. The van der Waals surface area contributed by atoms with Crippen LogP contribution in [0.25, 0.3) is 0 Å². The molecule has 2 N–H and O–H groups in total. The van der Waals surface area contributed by atoms with Gasteiger partial charge in [0.1, 0.15) is 6.10 Å². The van der Waals surface area contributed by atoms with Crippen LogP contribution in [0.15, 0.2) is 24.3 Å². The molecule has 0 aliphatic heterocycles. The molecular formula is C41H79NO5. The summed E-state index contributed by atoms with van der Waals surface area (Å²) in [5.74, 6) is 0. The summed E-state index contributed by atoms with van der Waals surface area (Å²) in [6.07, 6.45) is 37.6. The van der Waals surface area contributed by atoms with Gasteiger partial charge < -0.3 is 24.6 Å². The molecule has 0 amide bonds. The van der Waals surface area contributed by atoms with Crippen molar-refractivity contribution < 1.29 is 24.5 Å². The van der Waals surface area contributed by atoms with E-state index < -0.39 is 6.16 Å². The van der Waals surface area contributed by atoms with E-state index in [1.54, 1.807) is 0 Å². The van der Waals surface area contributed by atoms with Crippen molar-refractivity contribution in [1.29, 1.82) is 0 Å². The summed E-state index contributed by atoms with van der Waals surface area (Å²) in [4.78, 5) is 14.4. The number of rotatable bonds is 35. The fourth-order valence-electron chi connectivity index (χ4n) is 5.89. The lowest BCUT2D eigenvalue weighted by Crippen LogP contribution is -2.21. The number of carbonyl (C=O) groups is 1. The number of allylic oxidation sites excluding steroid dienone is 2. The summed E-state index contributed by atoms with van der Waals surface area (Å²) < 4.78 is 11.1. The van der Waals surface area contributed by atoms with Gasteiger partial charge in [-0.3, -0.25) is 0 Å². The number of hydrogen-bond acceptors (Lipinski definition) is 6. The van der Waals surface area contributed by atoms with Crippen molar-refractivity contribution in [2.24, 2.45) is 0 Å². The average Bonchev–Trinajstić information content (AvgIpc) is 3.04. The molecule has 0 saturated heterocycles. The van der Waals surface area contributed by atoms with Crippen molar-refractivity contribution in [3.8, 4) is 0 Å². The fraction of sp³-hybridized carbons (Fsp3) is 0.878. The molecule has 278 valence electrons. The third-order valence-corrected chi connectivity index (χ3v) is 8.96. The summed E-state index contributed by atoms with van der Waals surface area (Å²) in [7, 11) is 4.04. The molecule has 0 radical (unpaired) electrons. The van der Waals surface area contributed by atoms with Crippen LogP contribution in [0.1, 0.15) is 187 Å². The molecule has 0 bridgehead atoms. The molecule has 0 fully saturated rings. The molecule has 0 aliphatic carbocycles. The quantitative estimate of drug-likeness (QED) is 0.0398. The van der Waals surface area contributed by atoms with Gasteiger partial charge in [0.15, 0.2) is 0 Å². The van der Waals surface area contributed by atoms with Gasteiger partial charge in [0, 0.05) is 6.54 Å². The highest BCUT2D eigenvalue weighted by molar-refractivity contribution is 5.60. The zero-order valence-corrected chi connectivity index (χ0v) is 31.6. The first-order chi connectivity index (χ1) is 22.9. The Morgan fingerprint density at radius 1 is 0.574 bits per heavy atom. The predicted molar refractivity (Wildman–Crippen MR) is 201 cm³/mol. The van der Waals surface area contributed by atoms with Crippen molar-refractivity contribution in [3.63, 3.8) is 0 Å². The van der Waals surface area contributed by atoms with E-state index in [1.165, 1.54) is 89.9 Å². The number of unbranched alkanes of at least 4 members (excludes halogenated alkanes) is 16. The lowest BCUT2D eigenvalue weighted by Gasteiger charge is -2.18. The Kier molecular flexibility index (Phi) is 34.9. The molecule has 0 spiro atoms. The largest absolute Gasteiger partial charge is 0.508 e. The van der Waals surface area contributed by atoms with Gasteiger partial charge >= 0.3 is 6.16 Å². The number of aliphatic hydroxyl groups excluding tert-OH is 2. The number of ether oxygens (including phenoxy) is 2. The second-order valence-corrected chi connectivity index (χ2v) is 14.1. The number of nitrogens with zero attached hydrogens (tertiary/aromatic N) is 1. The van der Waals surface area contributed by atoms with Gasteiger partial charge in [-0.05, 0) is 97.6 Å². The Morgan fingerprint density at radius 2 is 1.00 bits per heavy atom. The maximum atomic E-state index is 12.4. The zero-order valence-electron chi connectivity index (χ0n) is 31.6. The highest BCUT2D eigenvalue weighted by Crippen LogP contribution is 2.18. The molecular weight excluding hydrogens is 586 g/mol. The second-order valence-electron chi connectivity index (χ2n) is 14.1. The lowest BCUT2D eigenvalue weighted by atomic mass is 10.0. The van der Waals surface area contributed by atoms with E-state index in [0.29, 0.717) is 6.61 Å². The molecule has 2 unspecified atom stereocenters. The molecule has 2 atom stereocenters. The molecule has 0 aliphatic rings. The number of hydrogen-bond donors (Lipinski definition) is 2. The average molecular weight is 666 g/mol. The molecule has 6 heteroatoms. The maximum Gasteiger partial charge on any atom is 0.508 e. The summed E-state index contributed by atoms with van der Waals surface area (Å²) in [6, 6.07) is 0. The van der Waals surface area contributed by atoms with Crippen LogP contribution in [-0.4, -0.2) is 66.8 Å². The van der Waals surface area contributed by atoms with Crippen molar-refractivity contribution in [1.82, 2.24) is 4.90 Å². The highest BCUT2D eigenvalue weighted by Gasteiger charge is 2.15. The van der Waals surface area contributed by atoms with E-state index in [-0.39, 0.29) is 18.3 Å². The third-order valence-electron chi connectivity index (χ3n) is 8.96. The van der Waals surface area contributed by atoms with E-state index in [4.69, 9.17) is 9.47 Å². The topological polar surface area (TPSA) is 79.2 Å². The van der Waals surface area contributed by atoms with Crippen LogP contribution in [0.2, 0.25) is 0 Å². The maximum absolute atomic E-state index is 12.4. The van der Waals surface area contributed by atoms with E-state index in [9.17, 15) is 15.0 Å². The highest BCUT2D eigenvalue weighted by atomic mass is 16.7. The van der Waals surface area contributed by atoms with Crippen LogP contribution in [0.5, 0.6) is 0 Å². The van der Waals surface area contributed by atoms with Crippen molar-refractivity contribution in [3.05, 3.63) is 24.3 Å². The first kappa shape index (κ1) is 45.6. The Balaban J connectivity index is 4.14. The van der Waals surface area contributed by atoms with Crippen LogP contribution < -0.4 is 0 Å². The van der Waals surface area contributed by atoms with Crippen LogP contribution in [-0.2, 0) is 9.47 Å². The van der Waals surface area contributed by atoms with Gasteiger partial charge in [0.05, 0.1) is 18.8 Å². The van der Waals surface area contributed by atoms with Crippen LogP contribution in [0, 0.1) is 0 Å². The van der Waals surface area contributed by atoms with Crippen molar-refractivity contribution in [2.75, 3.05) is 27.2 Å². The van der Waals surface area contributed by atoms with E-state index in [2.05, 4.69) is 43.1 Å². The van der Waals surface area contributed by atoms with Gasteiger partial charge in [-0.15, -0.1) is 0 Å². The number of carbonyl (C=O) groups excluding carboxylic acids is 1. The summed E-state index contributed by atoms with van der Waals surface area (Å²) >= 11 is 0. The molecule has 0 rings (SSSR count). The normalized spacial score (nSPS) is 13.9. The van der Waals surface area contributed by atoms with Crippen molar-refractivity contribution in [2.45, 2.75) is 206 Å². The van der Waals surface area contributed by atoms with Crippen LogP contribution in [0.3, 0.4) is 0 Å². The molecule has 0 aromatic carbocycles. The lowest BCUT2D eigenvalue weighted by molar-refractivity contribution is 0.0150. The Bertz CT molecular complexity index is 666. The Morgan fingerprint density at radius 3 is 1.47 bits per heavy atom. The molecule has 47 heavy (non-hydrogen) atoms. The minimum absolute atomic E-state index is 0.0518. The Hall–Kier alpha value is -1.37. The molecule has 0 heterocycles. The molecule has 6 nitrogen and oxygen atoms in total. The van der Waals surface area contributed by atoms with E-state index >= 15 is 0 Å². The van der Waals surface area contributed by atoms with Gasteiger partial charge in [0.2, 0.25) is 0 Å². The summed E-state index contributed by atoms with van der Waals surface area (Å²) in [5.41, 5.74) is 0. The van der Waals surface area contributed by atoms with Crippen molar-refractivity contribution >= 4 is 6.16 Å². The smallest absolute Gasteiger partial charge is 0.434 e. The van der Waals surface area contributed by atoms with Gasteiger partial charge in [-0.1, -0.05) is 128 Å². The van der Waals surface area contributed by atoms with Gasteiger partial charge in [0.25, 0.3) is 0 Å². The van der Waals surface area contributed by atoms with Gasteiger partial charge in [-0.2, -0.15) is 0 Å². The number of aliphatic hydroxyl groups is 2. The molecule has 0 saturated carbocycles. The zero-order chi connectivity index (χ0) is 34.6. The van der Waals surface area contributed by atoms with Gasteiger partial charge in [-0.25, -0.2) is 4.79 Å². The van der Waals surface area contributed by atoms with Crippen LogP contribution >= 0.6 is 0 Å². The third kappa shape index (κ3) is 35.8. The molecule has 0 aromatic rings. The van der Waals surface area contributed by atoms with E-state index in [0.717, 1.165) is 90.0 Å². The Labute approximate surface area is 292 Å². The monoisotopic (exact) mass is 666 g/mol. The van der Waals surface area contributed by atoms with Crippen LogP contribution in [0.4, 0.5) is 4.79 Å².